The molecule has 0 saturated carbocycles. The molecule has 0 atom stereocenters. The molecule has 0 aliphatic carbocycles. The average molecular weight is 518 g/mol. The number of carbonyl (C=O) groups excluding carboxylic acids is 1. The molecule has 36 heavy (non-hydrogen) atoms. The van der Waals surface area contributed by atoms with Crippen LogP contribution in [0.25, 0.3) is 17.3 Å². The number of para-hydroxylation sites is 1. The summed E-state index contributed by atoms with van der Waals surface area (Å²) in [5.74, 6) is 2.97. The summed E-state index contributed by atoms with van der Waals surface area (Å²) in [5, 5.41) is 14.9. The molecule has 0 fully saturated rings. The number of rotatable bonds is 8. The minimum atomic E-state index is -0.229. The Morgan fingerprint density at radius 1 is 1.06 bits per heavy atom. The molecule has 4 heterocycles. The van der Waals surface area contributed by atoms with Gasteiger partial charge >= 0.3 is 0 Å². The predicted octanol–water partition coefficient (Wildman–Crippen LogP) is 4.93. The molecular formula is C25H19N5O4S2. The quantitative estimate of drug-likeness (QED) is 0.289. The maximum atomic E-state index is 12.6. The van der Waals surface area contributed by atoms with Crippen LogP contribution in [-0.4, -0.2) is 32.4 Å². The normalized spacial score (nSPS) is 12.1. The molecule has 0 unspecified atom stereocenters. The molecule has 0 saturated heterocycles. The highest BCUT2D eigenvalue weighted by molar-refractivity contribution is 7.98. The van der Waals surface area contributed by atoms with Gasteiger partial charge in [0.2, 0.25) is 12.6 Å². The second kappa shape index (κ2) is 9.88. The average Bonchev–Trinajstić information content (AvgIpc) is 3.72. The van der Waals surface area contributed by atoms with E-state index in [-0.39, 0.29) is 12.7 Å². The van der Waals surface area contributed by atoms with Crippen LogP contribution in [0.4, 0.5) is 0 Å². The Morgan fingerprint density at radius 3 is 2.81 bits per heavy atom. The van der Waals surface area contributed by atoms with Crippen LogP contribution in [0.2, 0.25) is 0 Å². The lowest BCUT2D eigenvalue weighted by Gasteiger charge is -2.08. The molecule has 5 aromatic rings. The van der Waals surface area contributed by atoms with Crippen molar-refractivity contribution in [3.05, 3.63) is 88.6 Å². The van der Waals surface area contributed by atoms with Gasteiger partial charge < -0.3 is 19.2 Å². The van der Waals surface area contributed by atoms with Crippen molar-refractivity contribution < 1.29 is 18.7 Å². The van der Waals surface area contributed by atoms with Crippen LogP contribution in [-0.2, 0) is 12.3 Å². The fourth-order valence-electron chi connectivity index (χ4n) is 3.67. The number of nitrogens with one attached hydrogen (secondary N) is 1. The van der Waals surface area contributed by atoms with Gasteiger partial charge in [-0.25, -0.2) is 4.98 Å². The Kier molecular flexibility index (Phi) is 6.14. The van der Waals surface area contributed by atoms with Crippen molar-refractivity contribution in [1.82, 2.24) is 25.1 Å². The van der Waals surface area contributed by atoms with E-state index in [1.54, 1.807) is 11.6 Å². The number of hydrogen-bond acceptors (Lipinski definition) is 9. The molecule has 11 heteroatoms. The highest BCUT2D eigenvalue weighted by Gasteiger charge is 2.19. The summed E-state index contributed by atoms with van der Waals surface area (Å²) < 4.78 is 18.2. The van der Waals surface area contributed by atoms with Gasteiger partial charge in [-0.3, -0.25) is 9.36 Å². The first-order chi connectivity index (χ1) is 17.7. The third-order valence-electron chi connectivity index (χ3n) is 5.39. The lowest BCUT2D eigenvalue weighted by atomic mass is 10.2. The number of thioether (sulfide) groups is 1. The fraction of sp³-hybridized carbons (Fsp3) is 0.120. The zero-order valence-corrected chi connectivity index (χ0v) is 20.4. The van der Waals surface area contributed by atoms with Crippen molar-refractivity contribution in [1.29, 1.82) is 0 Å². The van der Waals surface area contributed by atoms with Gasteiger partial charge in [-0.05, 0) is 42.0 Å². The SMILES string of the molecule is O=C(NCc1ccc2c(c1)OCO2)c1csc(CSc2nnc(-c3ccco3)n2-c2ccccc2)n1. The number of amides is 1. The molecule has 1 amide bonds. The summed E-state index contributed by atoms with van der Waals surface area (Å²) in [6, 6.07) is 19.2. The van der Waals surface area contributed by atoms with Crippen molar-refractivity contribution in [3.63, 3.8) is 0 Å². The number of fused-ring (bicyclic) bond motifs is 1. The molecular weight excluding hydrogens is 498 g/mol. The molecule has 0 bridgehead atoms. The molecule has 3 aromatic heterocycles. The number of nitrogens with zero attached hydrogens (tertiary/aromatic N) is 4. The van der Waals surface area contributed by atoms with E-state index in [0.717, 1.165) is 16.3 Å². The van der Waals surface area contributed by atoms with Crippen molar-refractivity contribution in [2.24, 2.45) is 0 Å². The summed E-state index contributed by atoms with van der Waals surface area (Å²) in [5.41, 5.74) is 2.24. The first kappa shape index (κ1) is 22.4. The van der Waals surface area contributed by atoms with Gasteiger partial charge in [-0.15, -0.1) is 21.5 Å². The van der Waals surface area contributed by atoms with Crippen LogP contribution in [0.15, 0.2) is 81.9 Å². The van der Waals surface area contributed by atoms with Crippen LogP contribution in [0, 0.1) is 0 Å². The highest BCUT2D eigenvalue weighted by atomic mass is 32.2. The predicted molar refractivity (Wildman–Crippen MR) is 134 cm³/mol. The molecule has 1 aliphatic rings. The minimum Gasteiger partial charge on any atom is -0.461 e. The van der Waals surface area contributed by atoms with E-state index in [2.05, 4.69) is 20.5 Å². The van der Waals surface area contributed by atoms with Gasteiger partial charge in [0, 0.05) is 17.6 Å². The van der Waals surface area contributed by atoms with Crippen LogP contribution in [0.1, 0.15) is 21.1 Å². The summed E-state index contributed by atoms with van der Waals surface area (Å²) in [6.07, 6.45) is 1.61. The van der Waals surface area contributed by atoms with Gasteiger partial charge in [0.1, 0.15) is 10.7 Å². The van der Waals surface area contributed by atoms with Crippen molar-refractivity contribution in [3.8, 4) is 28.8 Å². The maximum absolute atomic E-state index is 12.6. The fourth-order valence-corrected chi connectivity index (χ4v) is 5.41. The zero-order chi connectivity index (χ0) is 24.3. The summed E-state index contributed by atoms with van der Waals surface area (Å²) >= 11 is 2.93. The number of furan rings is 1. The summed E-state index contributed by atoms with van der Waals surface area (Å²) in [7, 11) is 0. The third-order valence-corrected chi connectivity index (χ3v) is 7.36. The highest BCUT2D eigenvalue weighted by Crippen LogP contribution is 2.33. The first-order valence-electron chi connectivity index (χ1n) is 11.0. The number of carbonyl (C=O) groups is 1. The van der Waals surface area contributed by atoms with E-state index in [1.165, 1.54) is 23.1 Å². The standard InChI is InChI=1S/C25H19N5O4S2/c31-24(26-12-16-8-9-19-21(11-16)34-15-33-19)18-13-35-22(27-18)14-36-25-29-28-23(20-7-4-10-32-20)30(25)17-5-2-1-3-6-17/h1-11,13H,12,14-15H2,(H,26,31). The summed E-state index contributed by atoms with van der Waals surface area (Å²) in [4.78, 5) is 17.2. The van der Waals surface area contributed by atoms with Crippen molar-refractivity contribution >= 4 is 29.0 Å². The number of aromatic nitrogens is 4. The van der Waals surface area contributed by atoms with Crippen molar-refractivity contribution in [2.45, 2.75) is 17.5 Å². The van der Waals surface area contributed by atoms with E-state index in [4.69, 9.17) is 13.9 Å². The molecule has 0 spiro atoms. The summed E-state index contributed by atoms with van der Waals surface area (Å²) in [6.45, 7) is 0.587. The van der Waals surface area contributed by atoms with Crippen LogP contribution in [0.5, 0.6) is 11.5 Å². The number of benzene rings is 2. The van der Waals surface area contributed by atoms with E-state index in [1.807, 2.05) is 65.2 Å². The second-order valence-electron chi connectivity index (χ2n) is 7.74. The van der Waals surface area contributed by atoms with Gasteiger partial charge in [0.25, 0.3) is 5.91 Å². The van der Waals surface area contributed by atoms with Gasteiger partial charge in [0.05, 0.1) is 12.0 Å². The third kappa shape index (κ3) is 4.58. The van der Waals surface area contributed by atoms with Gasteiger partial charge in [-0.2, -0.15) is 0 Å². The Hall–Kier alpha value is -4.09. The molecule has 1 N–H and O–H groups in total. The van der Waals surface area contributed by atoms with Crippen LogP contribution >= 0.6 is 23.1 Å². The number of thiazole rings is 1. The van der Waals surface area contributed by atoms with Crippen LogP contribution < -0.4 is 14.8 Å². The smallest absolute Gasteiger partial charge is 0.271 e. The molecule has 0 radical (unpaired) electrons. The monoisotopic (exact) mass is 517 g/mol. The second-order valence-corrected chi connectivity index (χ2v) is 9.63. The van der Waals surface area contributed by atoms with Gasteiger partial charge in [-0.1, -0.05) is 36.0 Å². The Morgan fingerprint density at radius 2 is 1.94 bits per heavy atom. The maximum Gasteiger partial charge on any atom is 0.271 e. The zero-order valence-electron chi connectivity index (χ0n) is 18.8. The molecule has 180 valence electrons. The minimum absolute atomic E-state index is 0.219. The topological polar surface area (TPSA) is 104 Å². The van der Waals surface area contributed by atoms with E-state index >= 15 is 0 Å². The Labute approximate surface area is 214 Å². The molecule has 1 aliphatic heterocycles. The lowest BCUT2D eigenvalue weighted by molar-refractivity contribution is 0.0946. The van der Waals surface area contributed by atoms with E-state index < -0.39 is 0 Å². The van der Waals surface area contributed by atoms with Crippen molar-refractivity contribution in [2.75, 3.05) is 6.79 Å². The number of hydrogen-bond donors (Lipinski definition) is 1. The molecule has 2 aromatic carbocycles. The Bertz CT molecular complexity index is 1500. The van der Waals surface area contributed by atoms with Crippen LogP contribution in [0.3, 0.4) is 0 Å². The first-order valence-corrected chi connectivity index (χ1v) is 12.9. The molecule has 9 nitrogen and oxygen atoms in total. The number of ether oxygens (including phenoxy) is 2. The largest absolute Gasteiger partial charge is 0.461 e. The Balaban J connectivity index is 1.13. The van der Waals surface area contributed by atoms with E-state index in [9.17, 15) is 4.79 Å². The lowest BCUT2D eigenvalue weighted by Crippen LogP contribution is -2.23. The van der Waals surface area contributed by atoms with Gasteiger partial charge in [0.15, 0.2) is 22.4 Å². The van der Waals surface area contributed by atoms with E-state index in [0.29, 0.717) is 46.2 Å². The molecule has 6 rings (SSSR count).